The zero-order valence-corrected chi connectivity index (χ0v) is 7.38. The second kappa shape index (κ2) is 2.94. The molecule has 1 aromatic rings. The number of hydrogen-bond acceptors (Lipinski definition) is 5. The molecule has 0 radical (unpaired) electrons. The summed E-state index contributed by atoms with van der Waals surface area (Å²) in [5, 5.41) is 11.4. The van der Waals surface area contributed by atoms with Crippen molar-refractivity contribution >= 4 is 32.9 Å². The van der Waals surface area contributed by atoms with Gasteiger partial charge >= 0.3 is 0 Å². The maximum atomic E-state index is 3.98. The average Bonchev–Trinajstić information content (AvgIpc) is 2.59. The molecule has 1 aliphatic heterocycles. The van der Waals surface area contributed by atoms with Crippen molar-refractivity contribution in [3.63, 3.8) is 0 Å². The molecular weight excluding hydrogens is 184 g/mol. The van der Waals surface area contributed by atoms with E-state index in [0.29, 0.717) is 5.25 Å². The lowest BCUT2D eigenvalue weighted by molar-refractivity contribution is 1.01. The summed E-state index contributed by atoms with van der Waals surface area (Å²) in [6, 6.07) is 0. The van der Waals surface area contributed by atoms with E-state index in [1.54, 1.807) is 27.6 Å². The molecule has 0 fully saturated rings. The zero-order chi connectivity index (χ0) is 6.81. The minimum absolute atomic E-state index is 0.442. The summed E-state index contributed by atoms with van der Waals surface area (Å²) in [6.07, 6.45) is 2.15. The Bertz CT molecular complexity index is 231. The van der Waals surface area contributed by atoms with Gasteiger partial charge in [-0.1, -0.05) is 27.7 Å². The first-order valence-corrected chi connectivity index (χ1v) is 5.87. The van der Waals surface area contributed by atoms with Gasteiger partial charge in [-0.25, -0.2) is 0 Å². The topological polar surface area (TPSA) is 25.8 Å². The van der Waals surface area contributed by atoms with E-state index in [1.807, 2.05) is 10.8 Å². The van der Waals surface area contributed by atoms with Crippen LogP contribution in [0, 0.1) is 0 Å². The van der Waals surface area contributed by atoms with Crippen molar-refractivity contribution in [1.29, 1.82) is 0 Å². The third kappa shape index (κ3) is 1.21. The summed E-state index contributed by atoms with van der Waals surface area (Å²) >= 11 is 1.61. The Kier molecular flexibility index (Phi) is 1.97. The first-order chi connectivity index (χ1) is 4.97. The molecule has 0 saturated heterocycles. The fourth-order valence-electron chi connectivity index (χ4n) is 0.656. The van der Waals surface area contributed by atoms with Crippen molar-refractivity contribution in [2.75, 3.05) is 0 Å². The van der Waals surface area contributed by atoms with Crippen LogP contribution in [0.5, 0.6) is 0 Å². The molecule has 1 aromatic heterocycles. The first-order valence-electron chi connectivity index (χ1n) is 2.72. The Labute approximate surface area is 70.5 Å². The van der Waals surface area contributed by atoms with Gasteiger partial charge in [0.2, 0.25) is 0 Å². The largest absolute Gasteiger partial charge is 0.147 e. The monoisotopic (exact) mass is 188 g/mol. The highest BCUT2D eigenvalue weighted by Gasteiger charge is 2.15. The van der Waals surface area contributed by atoms with Crippen LogP contribution in [0.2, 0.25) is 0 Å². The number of hydrogen-bond donors (Lipinski definition) is 0. The van der Waals surface area contributed by atoms with Gasteiger partial charge in [-0.15, -0.1) is 21.5 Å². The summed E-state index contributed by atoms with van der Waals surface area (Å²) < 4.78 is 0. The van der Waals surface area contributed by atoms with Crippen molar-refractivity contribution in [3.8, 4) is 0 Å². The van der Waals surface area contributed by atoms with E-state index in [1.165, 1.54) is 0 Å². The van der Waals surface area contributed by atoms with E-state index in [-0.39, 0.29) is 0 Å². The summed E-state index contributed by atoms with van der Waals surface area (Å²) in [6.45, 7) is 0. The SMILES string of the molecule is C1=CC(c2nncs2)SS1. The smallest absolute Gasteiger partial charge is 0.135 e. The Hall–Kier alpha value is -0.000000000000000111. The van der Waals surface area contributed by atoms with Crippen LogP contribution in [-0.2, 0) is 0 Å². The molecule has 0 amide bonds. The predicted octanol–water partition coefficient (Wildman–Crippen LogP) is 2.49. The van der Waals surface area contributed by atoms with E-state index in [4.69, 9.17) is 0 Å². The molecule has 2 heterocycles. The van der Waals surface area contributed by atoms with E-state index in [9.17, 15) is 0 Å². The summed E-state index contributed by atoms with van der Waals surface area (Å²) in [5.74, 6) is 0. The zero-order valence-electron chi connectivity index (χ0n) is 4.93. The van der Waals surface area contributed by atoms with E-state index < -0.39 is 0 Å². The molecule has 0 N–H and O–H groups in total. The van der Waals surface area contributed by atoms with Gasteiger partial charge in [0.05, 0.1) is 5.25 Å². The van der Waals surface area contributed by atoms with Gasteiger partial charge in [-0.2, -0.15) is 0 Å². The van der Waals surface area contributed by atoms with Crippen LogP contribution >= 0.6 is 32.9 Å². The molecule has 0 aromatic carbocycles. The van der Waals surface area contributed by atoms with Gasteiger partial charge < -0.3 is 0 Å². The highest BCUT2D eigenvalue weighted by molar-refractivity contribution is 8.78. The Morgan fingerprint density at radius 1 is 1.50 bits per heavy atom. The maximum Gasteiger partial charge on any atom is 0.135 e. The van der Waals surface area contributed by atoms with Crippen LogP contribution in [0.25, 0.3) is 0 Å². The summed E-state index contributed by atoms with van der Waals surface area (Å²) in [5.41, 5.74) is 1.77. The molecule has 1 aliphatic rings. The lowest BCUT2D eigenvalue weighted by Gasteiger charge is -1.96. The van der Waals surface area contributed by atoms with Crippen molar-refractivity contribution in [3.05, 3.63) is 22.0 Å². The number of aromatic nitrogens is 2. The van der Waals surface area contributed by atoms with Crippen LogP contribution in [-0.4, -0.2) is 10.2 Å². The average molecular weight is 188 g/mol. The number of nitrogens with zero attached hydrogens (tertiary/aromatic N) is 2. The number of rotatable bonds is 1. The van der Waals surface area contributed by atoms with Gasteiger partial charge in [-0.3, -0.25) is 0 Å². The standard InChI is InChI=1S/C5H4N2S3/c1-2-9-10-4(1)5-7-6-3-8-5/h1-4H. The third-order valence-electron chi connectivity index (χ3n) is 1.09. The highest BCUT2D eigenvalue weighted by Crippen LogP contribution is 2.45. The molecular formula is C5H4N2S3. The highest BCUT2D eigenvalue weighted by atomic mass is 33.1. The lowest BCUT2D eigenvalue weighted by Crippen LogP contribution is -1.83. The molecule has 52 valence electrons. The quantitative estimate of drug-likeness (QED) is 0.632. The molecule has 0 bridgehead atoms. The van der Waals surface area contributed by atoms with E-state index in [0.717, 1.165) is 5.01 Å². The van der Waals surface area contributed by atoms with Crippen LogP contribution in [0.1, 0.15) is 10.3 Å². The second-order valence-electron chi connectivity index (χ2n) is 1.72. The van der Waals surface area contributed by atoms with Crippen molar-refractivity contribution in [2.24, 2.45) is 0 Å². The predicted molar refractivity (Wildman–Crippen MR) is 47.0 cm³/mol. The Morgan fingerprint density at radius 3 is 3.10 bits per heavy atom. The van der Waals surface area contributed by atoms with Crippen molar-refractivity contribution in [2.45, 2.75) is 5.25 Å². The van der Waals surface area contributed by atoms with Crippen LogP contribution < -0.4 is 0 Å². The Balaban J connectivity index is 2.20. The molecule has 5 heteroatoms. The van der Waals surface area contributed by atoms with E-state index in [2.05, 4.69) is 21.7 Å². The van der Waals surface area contributed by atoms with Crippen molar-refractivity contribution < 1.29 is 0 Å². The van der Waals surface area contributed by atoms with Gasteiger partial charge in [0.25, 0.3) is 0 Å². The molecule has 0 spiro atoms. The second-order valence-corrected chi connectivity index (χ2v) is 4.90. The first kappa shape index (κ1) is 6.69. The normalized spacial score (nSPS) is 23.8. The molecule has 10 heavy (non-hydrogen) atoms. The molecule has 1 atom stereocenters. The summed E-state index contributed by atoms with van der Waals surface area (Å²) in [7, 11) is 3.57. The van der Waals surface area contributed by atoms with Crippen LogP contribution in [0.3, 0.4) is 0 Å². The van der Waals surface area contributed by atoms with Crippen LogP contribution in [0.15, 0.2) is 17.0 Å². The lowest BCUT2D eigenvalue weighted by atomic mass is 10.4. The van der Waals surface area contributed by atoms with Gasteiger partial charge in [0.15, 0.2) is 0 Å². The molecule has 0 saturated carbocycles. The third-order valence-corrected chi connectivity index (χ3v) is 4.27. The Morgan fingerprint density at radius 2 is 2.50 bits per heavy atom. The molecule has 1 unspecified atom stereocenters. The molecule has 2 rings (SSSR count). The molecule has 2 nitrogen and oxygen atoms in total. The fraction of sp³-hybridized carbons (Fsp3) is 0.200. The van der Waals surface area contributed by atoms with Gasteiger partial charge in [0, 0.05) is 0 Å². The van der Waals surface area contributed by atoms with Gasteiger partial charge in [0.1, 0.15) is 10.5 Å². The van der Waals surface area contributed by atoms with Crippen LogP contribution in [0.4, 0.5) is 0 Å². The molecule has 0 aliphatic carbocycles. The van der Waals surface area contributed by atoms with E-state index >= 15 is 0 Å². The summed E-state index contributed by atoms with van der Waals surface area (Å²) in [4.78, 5) is 0. The van der Waals surface area contributed by atoms with Crippen molar-refractivity contribution in [1.82, 2.24) is 10.2 Å². The minimum Gasteiger partial charge on any atom is -0.147 e. The van der Waals surface area contributed by atoms with Gasteiger partial charge in [-0.05, 0) is 5.41 Å². The maximum absolute atomic E-state index is 3.98. The minimum atomic E-state index is 0.442. The fourth-order valence-corrected chi connectivity index (χ4v) is 3.65.